The molecule has 0 aromatic heterocycles. The number of hydrogen-bond donors (Lipinski definition) is 1. The van der Waals surface area contributed by atoms with E-state index in [2.05, 4.69) is 11.0 Å². The van der Waals surface area contributed by atoms with Crippen molar-refractivity contribution in [3.8, 4) is 0 Å². The Morgan fingerprint density at radius 2 is 2.05 bits per heavy atom. The van der Waals surface area contributed by atoms with Gasteiger partial charge in [-0.3, -0.25) is 4.79 Å². The number of piperidine rings is 1. The molecule has 1 aliphatic rings. The van der Waals surface area contributed by atoms with Gasteiger partial charge in [-0.25, -0.2) is 0 Å². The van der Waals surface area contributed by atoms with Crippen molar-refractivity contribution in [3.05, 3.63) is 35.4 Å². The van der Waals surface area contributed by atoms with E-state index in [1.165, 1.54) is 5.56 Å². The third-order valence-corrected chi connectivity index (χ3v) is 3.50. The summed E-state index contributed by atoms with van der Waals surface area (Å²) in [6.07, 6.45) is 1.81. The molecule has 1 fully saturated rings. The zero-order chi connectivity index (χ0) is 13.8. The van der Waals surface area contributed by atoms with Gasteiger partial charge in [-0.1, -0.05) is 12.1 Å². The second-order valence-corrected chi connectivity index (χ2v) is 5.57. The van der Waals surface area contributed by atoms with E-state index in [4.69, 9.17) is 5.73 Å². The highest BCUT2D eigenvalue weighted by Gasteiger charge is 2.21. The molecule has 4 nitrogen and oxygen atoms in total. The Morgan fingerprint density at radius 1 is 1.37 bits per heavy atom. The van der Waals surface area contributed by atoms with Gasteiger partial charge in [-0.2, -0.15) is 0 Å². The number of amides is 1. The molecule has 104 valence electrons. The third-order valence-electron chi connectivity index (χ3n) is 3.50. The molecule has 1 aromatic rings. The average molecular weight is 261 g/mol. The maximum absolute atomic E-state index is 12.4. The van der Waals surface area contributed by atoms with Crippen LogP contribution in [-0.4, -0.2) is 48.9 Å². The molecule has 2 rings (SSSR count). The van der Waals surface area contributed by atoms with Crippen LogP contribution in [0.25, 0.3) is 0 Å². The Labute approximate surface area is 115 Å². The van der Waals surface area contributed by atoms with E-state index in [1.807, 2.05) is 37.2 Å². The number of likely N-dealkylation sites (tertiary alicyclic amines) is 1. The fraction of sp³-hybridized carbons (Fsp3) is 0.533. The van der Waals surface area contributed by atoms with Gasteiger partial charge in [0.15, 0.2) is 0 Å². The zero-order valence-electron chi connectivity index (χ0n) is 11.8. The van der Waals surface area contributed by atoms with E-state index in [0.29, 0.717) is 0 Å². The van der Waals surface area contributed by atoms with Crippen molar-refractivity contribution in [3.63, 3.8) is 0 Å². The fourth-order valence-electron chi connectivity index (χ4n) is 2.45. The van der Waals surface area contributed by atoms with Gasteiger partial charge in [-0.15, -0.1) is 0 Å². The van der Waals surface area contributed by atoms with Crippen molar-refractivity contribution < 1.29 is 4.79 Å². The predicted octanol–water partition coefficient (Wildman–Crippen LogP) is 1.31. The maximum atomic E-state index is 12.4. The van der Waals surface area contributed by atoms with E-state index in [9.17, 15) is 4.79 Å². The molecular weight excluding hydrogens is 238 g/mol. The van der Waals surface area contributed by atoms with Crippen LogP contribution < -0.4 is 5.73 Å². The van der Waals surface area contributed by atoms with E-state index in [-0.39, 0.29) is 11.9 Å². The van der Waals surface area contributed by atoms with Gasteiger partial charge in [0, 0.05) is 31.2 Å². The molecule has 1 heterocycles. The first-order chi connectivity index (χ1) is 9.06. The largest absolute Gasteiger partial charge is 0.339 e. The molecule has 0 aliphatic carbocycles. The van der Waals surface area contributed by atoms with Gasteiger partial charge in [0.1, 0.15) is 0 Å². The van der Waals surface area contributed by atoms with Gasteiger partial charge in [0.2, 0.25) is 0 Å². The summed E-state index contributed by atoms with van der Waals surface area (Å²) in [5.41, 5.74) is 7.83. The van der Waals surface area contributed by atoms with Crippen LogP contribution in [0.15, 0.2) is 24.3 Å². The Hall–Kier alpha value is -1.39. The Kier molecular flexibility index (Phi) is 4.56. The number of benzene rings is 1. The lowest BCUT2D eigenvalue weighted by Gasteiger charge is -2.30. The molecule has 0 bridgehead atoms. The van der Waals surface area contributed by atoms with Crippen molar-refractivity contribution in [2.45, 2.75) is 25.4 Å². The van der Waals surface area contributed by atoms with Crippen molar-refractivity contribution in [2.75, 3.05) is 27.2 Å². The summed E-state index contributed by atoms with van der Waals surface area (Å²) < 4.78 is 0. The number of nitrogens with two attached hydrogens (primary N) is 1. The minimum absolute atomic E-state index is 0.132. The van der Waals surface area contributed by atoms with Crippen molar-refractivity contribution >= 4 is 5.91 Å². The summed E-state index contributed by atoms with van der Waals surface area (Å²) >= 11 is 0. The molecule has 0 unspecified atom stereocenters. The first-order valence-electron chi connectivity index (χ1n) is 6.85. The SMILES string of the molecule is CN(C)Cc1cccc(C(=O)N2CCC(N)CC2)c1. The zero-order valence-corrected chi connectivity index (χ0v) is 11.8. The van der Waals surface area contributed by atoms with E-state index in [0.717, 1.165) is 38.0 Å². The Morgan fingerprint density at radius 3 is 2.68 bits per heavy atom. The quantitative estimate of drug-likeness (QED) is 0.892. The molecule has 0 radical (unpaired) electrons. The van der Waals surface area contributed by atoms with Crippen LogP contribution in [0.5, 0.6) is 0 Å². The lowest BCUT2D eigenvalue weighted by Crippen LogP contribution is -2.42. The topological polar surface area (TPSA) is 49.6 Å². The monoisotopic (exact) mass is 261 g/mol. The highest BCUT2D eigenvalue weighted by atomic mass is 16.2. The molecular formula is C15H23N3O. The minimum Gasteiger partial charge on any atom is -0.339 e. The molecule has 19 heavy (non-hydrogen) atoms. The van der Waals surface area contributed by atoms with E-state index < -0.39 is 0 Å². The van der Waals surface area contributed by atoms with Gasteiger partial charge in [0.05, 0.1) is 0 Å². The third kappa shape index (κ3) is 3.78. The molecule has 4 heteroatoms. The van der Waals surface area contributed by atoms with Gasteiger partial charge < -0.3 is 15.5 Å². The highest BCUT2D eigenvalue weighted by Crippen LogP contribution is 2.14. The first kappa shape index (κ1) is 14.0. The van der Waals surface area contributed by atoms with E-state index in [1.54, 1.807) is 0 Å². The number of hydrogen-bond acceptors (Lipinski definition) is 3. The van der Waals surface area contributed by atoms with Crippen LogP contribution in [0.2, 0.25) is 0 Å². The van der Waals surface area contributed by atoms with Gasteiger partial charge in [-0.05, 0) is 44.6 Å². The molecule has 2 N–H and O–H groups in total. The highest BCUT2D eigenvalue weighted by molar-refractivity contribution is 5.94. The normalized spacial score (nSPS) is 16.9. The maximum Gasteiger partial charge on any atom is 0.253 e. The van der Waals surface area contributed by atoms with Gasteiger partial charge >= 0.3 is 0 Å². The Bertz CT molecular complexity index is 437. The lowest BCUT2D eigenvalue weighted by molar-refractivity contribution is 0.0714. The number of carbonyl (C=O) groups excluding carboxylic acids is 1. The number of carbonyl (C=O) groups is 1. The molecule has 0 saturated carbocycles. The summed E-state index contributed by atoms with van der Waals surface area (Å²) in [6, 6.07) is 8.17. The fourth-order valence-corrected chi connectivity index (χ4v) is 2.45. The van der Waals surface area contributed by atoms with Crippen LogP contribution in [0, 0.1) is 0 Å². The van der Waals surface area contributed by atoms with Gasteiger partial charge in [0.25, 0.3) is 5.91 Å². The molecule has 0 atom stereocenters. The summed E-state index contributed by atoms with van der Waals surface area (Å²) in [7, 11) is 4.06. The summed E-state index contributed by atoms with van der Waals surface area (Å²) in [5, 5.41) is 0. The number of rotatable bonds is 3. The van der Waals surface area contributed by atoms with E-state index >= 15 is 0 Å². The molecule has 1 aromatic carbocycles. The minimum atomic E-state index is 0.132. The lowest BCUT2D eigenvalue weighted by atomic mass is 10.0. The Balaban J connectivity index is 2.06. The average Bonchev–Trinajstić information content (AvgIpc) is 2.38. The molecule has 1 amide bonds. The standard InChI is InChI=1S/C15H23N3O/c1-17(2)11-12-4-3-5-13(10-12)15(19)18-8-6-14(16)7-9-18/h3-5,10,14H,6-9,11,16H2,1-2H3. The molecule has 1 saturated heterocycles. The van der Waals surface area contributed by atoms with Crippen molar-refractivity contribution in [1.82, 2.24) is 9.80 Å². The summed E-state index contributed by atoms with van der Waals surface area (Å²) in [6.45, 7) is 2.40. The van der Waals surface area contributed by atoms with Crippen LogP contribution in [0.1, 0.15) is 28.8 Å². The second kappa shape index (κ2) is 6.17. The first-order valence-corrected chi connectivity index (χ1v) is 6.85. The molecule has 1 aliphatic heterocycles. The van der Waals surface area contributed by atoms with Crippen LogP contribution in [0.4, 0.5) is 0 Å². The van der Waals surface area contributed by atoms with Crippen LogP contribution >= 0.6 is 0 Å². The summed E-state index contributed by atoms with van der Waals surface area (Å²) in [5.74, 6) is 0.132. The molecule has 0 spiro atoms. The van der Waals surface area contributed by atoms with Crippen LogP contribution in [0.3, 0.4) is 0 Å². The van der Waals surface area contributed by atoms with Crippen LogP contribution in [-0.2, 0) is 6.54 Å². The summed E-state index contributed by atoms with van der Waals surface area (Å²) in [4.78, 5) is 16.4. The van der Waals surface area contributed by atoms with Crippen molar-refractivity contribution in [1.29, 1.82) is 0 Å². The van der Waals surface area contributed by atoms with Crippen molar-refractivity contribution in [2.24, 2.45) is 5.73 Å². The second-order valence-electron chi connectivity index (χ2n) is 5.57. The number of nitrogens with zero attached hydrogens (tertiary/aromatic N) is 2. The smallest absolute Gasteiger partial charge is 0.253 e. The predicted molar refractivity (Wildman–Crippen MR) is 76.9 cm³/mol.